The van der Waals surface area contributed by atoms with E-state index in [1.54, 1.807) is 6.07 Å². The lowest BCUT2D eigenvalue weighted by atomic mass is 9.82. The molecule has 0 heterocycles. The molecule has 0 unspecified atom stereocenters. The zero-order valence-electron chi connectivity index (χ0n) is 8.26. The molecule has 0 radical (unpaired) electrons. The van der Waals surface area contributed by atoms with Crippen molar-refractivity contribution in [3.8, 4) is 0 Å². The van der Waals surface area contributed by atoms with E-state index in [4.69, 9.17) is 5.73 Å². The minimum absolute atomic E-state index is 0.229. The summed E-state index contributed by atoms with van der Waals surface area (Å²) < 4.78 is 13.1. The maximum absolute atomic E-state index is 13.1. The van der Waals surface area contributed by atoms with Crippen LogP contribution in [0.2, 0.25) is 0 Å². The minimum atomic E-state index is -0.345. The molecule has 1 aliphatic rings. The number of para-hydroxylation sites is 1. The highest BCUT2D eigenvalue weighted by atomic mass is 19.1. The van der Waals surface area contributed by atoms with Crippen molar-refractivity contribution in [3.05, 3.63) is 24.0 Å². The maximum Gasteiger partial charge on any atom is 0.148 e. The van der Waals surface area contributed by atoms with Crippen LogP contribution < -0.4 is 11.1 Å². The number of hydrogen-bond donors (Lipinski definition) is 2. The number of nitrogen functional groups attached to an aromatic ring is 1. The van der Waals surface area contributed by atoms with Crippen molar-refractivity contribution < 1.29 is 4.39 Å². The number of nitrogens with one attached hydrogen (secondary N) is 1. The van der Waals surface area contributed by atoms with Crippen LogP contribution in [0.3, 0.4) is 0 Å². The van der Waals surface area contributed by atoms with Gasteiger partial charge in [-0.15, -0.1) is 0 Å². The van der Waals surface area contributed by atoms with Gasteiger partial charge in [0.2, 0.25) is 0 Å². The quantitative estimate of drug-likeness (QED) is 0.710. The average molecular weight is 194 g/mol. The lowest BCUT2D eigenvalue weighted by molar-refractivity contribution is 0.309. The standard InChI is InChI=1S/C11H15FN2/c1-7-5-8(6-7)14-10-4-2-3-9(12)11(10)13/h2-4,7-8,14H,5-6,13H2,1H3. The molecule has 1 saturated carbocycles. The summed E-state index contributed by atoms with van der Waals surface area (Å²) >= 11 is 0. The number of hydrogen-bond acceptors (Lipinski definition) is 2. The second-order valence-electron chi connectivity index (χ2n) is 4.12. The molecule has 0 amide bonds. The molecule has 76 valence electrons. The third-order valence-electron chi connectivity index (χ3n) is 2.79. The zero-order valence-corrected chi connectivity index (χ0v) is 8.26. The van der Waals surface area contributed by atoms with Crippen molar-refractivity contribution in [2.75, 3.05) is 11.1 Å². The second-order valence-corrected chi connectivity index (χ2v) is 4.12. The minimum Gasteiger partial charge on any atom is -0.395 e. The lowest BCUT2D eigenvalue weighted by Gasteiger charge is -2.34. The van der Waals surface area contributed by atoms with Crippen LogP contribution in [0.15, 0.2) is 18.2 Å². The third-order valence-corrected chi connectivity index (χ3v) is 2.79. The normalized spacial score (nSPS) is 25.6. The Morgan fingerprint density at radius 2 is 2.14 bits per heavy atom. The Hall–Kier alpha value is -1.25. The summed E-state index contributed by atoms with van der Waals surface area (Å²) in [5.41, 5.74) is 6.56. The monoisotopic (exact) mass is 194 g/mol. The highest BCUT2D eigenvalue weighted by molar-refractivity contribution is 5.66. The van der Waals surface area contributed by atoms with Crippen LogP contribution in [0.5, 0.6) is 0 Å². The van der Waals surface area contributed by atoms with E-state index in [2.05, 4.69) is 12.2 Å². The van der Waals surface area contributed by atoms with Gasteiger partial charge in [-0.25, -0.2) is 4.39 Å². The largest absolute Gasteiger partial charge is 0.395 e. The number of halogens is 1. The van der Waals surface area contributed by atoms with Gasteiger partial charge in [-0.2, -0.15) is 0 Å². The topological polar surface area (TPSA) is 38.0 Å². The van der Waals surface area contributed by atoms with Crippen molar-refractivity contribution in [1.29, 1.82) is 0 Å². The maximum atomic E-state index is 13.1. The van der Waals surface area contributed by atoms with Gasteiger partial charge in [0.1, 0.15) is 5.82 Å². The van der Waals surface area contributed by atoms with Crippen LogP contribution in [0.25, 0.3) is 0 Å². The summed E-state index contributed by atoms with van der Waals surface area (Å²) in [5, 5.41) is 3.25. The smallest absolute Gasteiger partial charge is 0.148 e. The van der Waals surface area contributed by atoms with E-state index in [9.17, 15) is 4.39 Å². The second kappa shape index (κ2) is 3.48. The van der Waals surface area contributed by atoms with Gasteiger partial charge in [0.15, 0.2) is 0 Å². The first-order chi connectivity index (χ1) is 6.66. The molecule has 3 heteroatoms. The van der Waals surface area contributed by atoms with E-state index in [0.29, 0.717) is 6.04 Å². The van der Waals surface area contributed by atoms with Gasteiger partial charge in [-0.1, -0.05) is 13.0 Å². The Kier molecular flexibility index (Phi) is 2.32. The van der Waals surface area contributed by atoms with Gasteiger partial charge in [-0.05, 0) is 30.9 Å². The molecule has 0 bridgehead atoms. The predicted molar refractivity (Wildman–Crippen MR) is 56.6 cm³/mol. The molecule has 0 atom stereocenters. The Bertz CT molecular complexity index is 332. The van der Waals surface area contributed by atoms with Crippen molar-refractivity contribution >= 4 is 11.4 Å². The molecule has 0 saturated heterocycles. The van der Waals surface area contributed by atoms with Gasteiger partial charge in [-0.3, -0.25) is 0 Å². The summed E-state index contributed by atoms with van der Waals surface area (Å²) in [7, 11) is 0. The fourth-order valence-corrected chi connectivity index (χ4v) is 1.90. The van der Waals surface area contributed by atoms with E-state index in [1.165, 1.54) is 6.07 Å². The van der Waals surface area contributed by atoms with Gasteiger partial charge in [0, 0.05) is 6.04 Å². The molecule has 1 aliphatic carbocycles. The Labute approximate surface area is 83.3 Å². The van der Waals surface area contributed by atoms with Gasteiger partial charge >= 0.3 is 0 Å². The van der Waals surface area contributed by atoms with Crippen LogP contribution in [-0.2, 0) is 0 Å². The Morgan fingerprint density at radius 1 is 1.43 bits per heavy atom. The fourth-order valence-electron chi connectivity index (χ4n) is 1.90. The number of rotatable bonds is 2. The van der Waals surface area contributed by atoms with Crippen molar-refractivity contribution in [2.45, 2.75) is 25.8 Å². The van der Waals surface area contributed by atoms with Crippen molar-refractivity contribution in [3.63, 3.8) is 0 Å². The van der Waals surface area contributed by atoms with E-state index >= 15 is 0 Å². The summed E-state index contributed by atoms with van der Waals surface area (Å²) in [6, 6.07) is 5.34. The summed E-state index contributed by atoms with van der Waals surface area (Å²) in [6.45, 7) is 2.22. The summed E-state index contributed by atoms with van der Waals surface area (Å²) in [5.74, 6) is 0.435. The summed E-state index contributed by atoms with van der Waals surface area (Å²) in [6.07, 6.45) is 2.30. The van der Waals surface area contributed by atoms with Crippen molar-refractivity contribution in [1.82, 2.24) is 0 Å². The van der Waals surface area contributed by atoms with E-state index in [0.717, 1.165) is 24.4 Å². The lowest BCUT2D eigenvalue weighted by Crippen LogP contribution is -2.34. The van der Waals surface area contributed by atoms with Gasteiger partial charge in [0.05, 0.1) is 11.4 Å². The predicted octanol–water partition coefficient (Wildman–Crippen LogP) is 2.62. The van der Waals surface area contributed by atoms with Crippen LogP contribution in [0.1, 0.15) is 19.8 Å². The molecule has 1 aromatic rings. The van der Waals surface area contributed by atoms with Crippen LogP contribution in [0.4, 0.5) is 15.8 Å². The Balaban J connectivity index is 2.06. The first-order valence-electron chi connectivity index (χ1n) is 4.97. The molecule has 3 N–H and O–H groups in total. The molecule has 2 nitrogen and oxygen atoms in total. The van der Waals surface area contributed by atoms with E-state index in [1.807, 2.05) is 6.07 Å². The van der Waals surface area contributed by atoms with Crippen LogP contribution >= 0.6 is 0 Å². The third kappa shape index (κ3) is 1.67. The van der Waals surface area contributed by atoms with Crippen LogP contribution in [0, 0.1) is 11.7 Å². The SMILES string of the molecule is CC1CC(Nc2cccc(F)c2N)C1. The highest BCUT2D eigenvalue weighted by Gasteiger charge is 2.25. The molecule has 0 spiro atoms. The molecule has 0 aliphatic heterocycles. The fraction of sp³-hybridized carbons (Fsp3) is 0.455. The number of nitrogens with two attached hydrogens (primary N) is 1. The molecule has 0 aromatic heterocycles. The summed E-state index contributed by atoms with van der Waals surface area (Å²) in [4.78, 5) is 0. The van der Waals surface area contributed by atoms with Crippen LogP contribution in [-0.4, -0.2) is 6.04 Å². The molecular formula is C11H15FN2. The molecule has 1 fully saturated rings. The molecular weight excluding hydrogens is 179 g/mol. The zero-order chi connectivity index (χ0) is 10.1. The van der Waals surface area contributed by atoms with Crippen molar-refractivity contribution in [2.24, 2.45) is 5.92 Å². The number of benzene rings is 1. The molecule has 14 heavy (non-hydrogen) atoms. The molecule has 1 aromatic carbocycles. The van der Waals surface area contributed by atoms with E-state index in [-0.39, 0.29) is 11.5 Å². The molecule has 2 rings (SSSR count). The average Bonchev–Trinajstić information content (AvgIpc) is 2.10. The van der Waals surface area contributed by atoms with Gasteiger partial charge in [0.25, 0.3) is 0 Å². The Morgan fingerprint density at radius 3 is 2.79 bits per heavy atom. The first kappa shape index (κ1) is 9.31. The highest BCUT2D eigenvalue weighted by Crippen LogP contribution is 2.31. The number of anilines is 2. The van der Waals surface area contributed by atoms with Gasteiger partial charge < -0.3 is 11.1 Å². The van der Waals surface area contributed by atoms with E-state index < -0.39 is 0 Å². The first-order valence-corrected chi connectivity index (χ1v) is 4.97.